The van der Waals surface area contributed by atoms with Crippen LogP contribution in [-0.2, 0) is 15.1 Å². The number of fused-ring (bicyclic) bond motifs is 2. The van der Waals surface area contributed by atoms with Crippen LogP contribution in [0.15, 0.2) is 60.7 Å². The van der Waals surface area contributed by atoms with Crippen LogP contribution in [0.2, 0.25) is 5.02 Å². The summed E-state index contributed by atoms with van der Waals surface area (Å²) in [6.07, 6.45) is 0. The second kappa shape index (κ2) is 7.21. The fourth-order valence-corrected chi connectivity index (χ4v) is 4.57. The van der Waals surface area contributed by atoms with Crippen molar-refractivity contribution in [3.63, 3.8) is 0 Å². The van der Waals surface area contributed by atoms with Crippen molar-refractivity contribution in [3.8, 4) is 11.3 Å². The van der Waals surface area contributed by atoms with Gasteiger partial charge in [0.1, 0.15) is 5.82 Å². The molecule has 1 aliphatic rings. The third kappa shape index (κ3) is 2.76. The van der Waals surface area contributed by atoms with Gasteiger partial charge in [0.25, 0.3) is 0 Å². The summed E-state index contributed by atoms with van der Waals surface area (Å²) in [6, 6.07) is 16.8. The summed E-state index contributed by atoms with van der Waals surface area (Å²) in [7, 11) is 1.24. The molecule has 1 aromatic heterocycles. The number of aromatic nitrogens is 1. The number of aromatic amines is 1. The summed E-state index contributed by atoms with van der Waals surface area (Å²) in [5.74, 6) is -1.54. The van der Waals surface area contributed by atoms with Crippen molar-refractivity contribution < 1.29 is 18.7 Å². The highest BCUT2D eigenvalue weighted by molar-refractivity contribution is 6.32. The van der Waals surface area contributed by atoms with Gasteiger partial charge < -0.3 is 15.0 Å². The molecule has 0 spiro atoms. The van der Waals surface area contributed by atoms with Gasteiger partial charge in [0.2, 0.25) is 11.3 Å². The third-order valence-electron chi connectivity index (χ3n) is 5.91. The Labute approximate surface area is 188 Å². The number of carbonyl (C=O) groups is 2. The molecular formula is C25H18ClFN2O3. The summed E-state index contributed by atoms with van der Waals surface area (Å²) in [4.78, 5) is 30.4. The lowest BCUT2D eigenvalue weighted by Gasteiger charge is -2.27. The molecule has 1 aliphatic heterocycles. The van der Waals surface area contributed by atoms with Crippen LogP contribution in [-0.4, -0.2) is 23.8 Å². The van der Waals surface area contributed by atoms with E-state index in [2.05, 4.69) is 10.3 Å². The maximum absolute atomic E-state index is 14.0. The summed E-state index contributed by atoms with van der Waals surface area (Å²) < 4.78 is 19.1. The fourth-order valence-electron chi connectivity index (χ4n) is 4.40. The van der Waals surface area contributed by atoms with Gasteiger partial charge in [-0.3, -0.25) is 4.79 Å². The van der Waals surface area contributed by atoms with E-state index in [1.165, 1.54) is 13.2 Å². The van der Waals surface area contributed by atoms with Gasteiger partial charge in [-0.1, -0.05) is 29.8 Å². The van der Waals surface area contributed by atoms with Gasteiger partial charge >= 0.3 is 5.97 Å². The normalized spacial score (nSPS) is 17.3. The Hall–Kier alpha value is -3.64. The van der Waals surface area contributed by atoms with Crippen LogP contribution in [0.1, 0.15) is 21.5 Å². The number of hydrogen-bond acceptors (Lipinski definition) is 4. The molecule has 0 bridgehead atoms. The van der Waals surface area contributed by atoms with E-state index in [1.54, 1.807) is 37.3 Å². The Morgan fingerprint density at radius 3 is 2.62 bits per heavy atom. The quantitative estimate of drug-likeness (QED) is 0.315. The number of Topliss-reactive ketones (excluding diaryl/α,β-unsaturated/α-hetero) is 1. The molecule has 0 aliphatic carbocycles. The van der Waals surface area contributed by atoms with E-state index in [0.29, 0.717) is 44.0 Å². The Kier molecular flexibility index (Phi) is 4.57. The number of esters is 1. The van der Waals surface area contributed by atoms with Gasteiger partial charge in [0.05, 0.1) is 12.8 Å². The average Bonchev–Trinajstić information content (AvgIpc) is 3.31. The molecule has 4 aromatic rings. The number of rotatable bonds is 3. The lowest BCUT2D eigenvalue weighted by Crippen LogP contribution is -2.47. The van der Waals surface area contributed by atoms with E-state index in [9.17, 15) is 14.0 Å². The van der Waals surface area contributed by atoms with Crippen molar-refractivity contribution in [1.29, 1.82) is 0 Å². The van der Waals surface area contributed by atoms with E-state index in [-0.39, 0.29) is 5.82 Å². The first-order chi connectivity index (χ1) is 15.4. The van der Waals surface area contributed by atoms with Crippen LogP contribution < -0.4 is 5.32 Å². The molecule has 7 heteroatoms. The molecule has 5 nitrogen and oxygen atoms in total. The molecule has 32 heavy (non-hydrogen) atoms. The minimum absolute atomic E-state index is 0.339. The SMILES string of the molecule is COC(=O)C1(c2c(-c3ccc(F)c(C)c3)[nH]c3ccccc23)Nc2cc(Cl)ccc2C1=O. The number of para-hydroxylation sites is 1. The van der Waals surface area contributed by atoms with Crippen molar-refractivity contribution in [2.24, 2.45) is 0 Å². The average molecular weight is 449 g/mol. The highest BCUT2D eigenvalue weighted by atomic mass is 35.5. The van der Waals surface area contributed by atoms with E-state index >= 15 is 0 Å². The first kappa shape index (κ1) is 20.3. The Bertz CT molecular complexity index is 1430. The molecule has 0 saturated heterocycles. The number of carbonyl (C=O) groups excluding carboxylic acids is 2. The zero-order valence-electron chi connectivity index (χ0n) is 17.3. The van der Waals surface area contributed by atoms with Gasteiger partial charge in [-0.25, -0.2) is 9.18 Å². The zero-order valence-corrected chi connectivity index (χ0v) is 18.0. The number of hydrogen-bond donors (Lipinski definition) is 2. The molecular weight excluding hydrogens is 431 g/mol. The van der Waals surface area contributed by atoms with Crippen LogP contribution in [0.25, 0.3) is 22.2 Å². The van der Waals surface area contributed by atoms with Gasteiger partial charge in [-0.2, -0.15) is 0 Å². The Balaban J connectivity index is 1.86. The first-order valence-electron chi connectivity index (χ1n) is 9.95. The molecule has 1 unspecified atom stereocenters. The number of ketones is 1. The third-order valence-corrected chi connectivity index (χ3v) is 6.14. The fraction of sp³-hybridized carbons (Fsp3) is 0.120. The number of H-pyrrole nitrogens is 1. The molecule has 0 saturated carbocycles. The largest absolute Gasteiger partial charge is 0.467 e. The van der Waals surface area contributed by atoms with Crippen molar-refractivity contribution in [2.45, 2.75) is 12.5 Å². The molecule has 5 rings (SSSR count). The zero-order chi connectivity index (χ0) is 22.6. The minimum atomic E-state index is -1.83. The summed E-state index contributed by atoms with van der Waals surface area (Å²) in [5, 5.41) is 4.22. The second-order valence-electron chi connectivity index (χ2n) is 7.77. The molecule has 2 N–H and O–H groups in total. The number of aryl methyl sites for hydroxylation is 1. The van der Waals surface area contributed by atoms with E-state index in [0.717, 1.165) is 5.52 Å². The molecule has 0 fully saturated rings. The topological polar surface area (TPSA) is 71.2 Å². The Morgan fingerprint density at radius 2 is 1.88 bits per heavy atom. The molecule has 1 atom stereocenters. The van der Waals surface area contributed by atoms with E-state index in [4.69, 9.17) is 16.3 Å². The summed E-state index contributed by atoms with van der Waals surface area (Å²) in [5.41, 5.74) is 1.71. The number of ether oxygens (including phenoxy) is 1. The van der Waals surface area contributed by atoms with Crippen molar-refractivity contribution in [2.75, 3.05) is 12.4 Å². The standard InChI is InChI=1S/C25H18ClFN2O3/c1-13-11-14(7-10-18(13)27)22-21(16-5-3-4-6-19(16)28-22)25(24(31)32-2)23(30)17-9-8-15(26)12-20(17)29-25/h3-12,28-29H,1-2H3. The maximum atomic E-state index is 14.0. The van der Waals surface area contributed by atoms with Gasteiger partial charge in [0, 0.05) is 32.7 Å². The summed E-state index contributed by atoms with van der Waals surface area (Å²) in [6.45, 7) is 1.66. The first-order valence-corrected chi connectivity index (χ1v) is 10.3. The van der Waals surface area contributed by atoms with Crippen molar-refractivity contribution in [1.82, 2.24) is 4.98 Å². The van der Waals surface area contributed by atoms with Gasteiger partial charge in [-0.05, 0) is 60.5 Å². The number of anilines is 1. The van der Waals surface area contributed by atoms with Crippen LogP contribution in [0, 0.1) is 12.7 Å². The van der Waals surface area contributed by atoms with Crippen LogP contribution in [0.3, 0.4) is 0 Å². The minimum Gasteiger partial charge on any atom is -0.467 e. The van der Waals surface area contributed by atoms with Crippen molar-refractivity contribution >= 4 is 39.9 Å². The smallest absolute Gasteiger partial charge is 0.344 e. The molecule has 3 aromatic carbocycles. The highest BCUT2D eigenvalue weighted by Gasteiger charge is 2.56. The monoisotopic (exact) mass is 448 g/mol. The predicted molar refractivity (Wildman–Crippen MR) is 122 cm³/mol. The molecule has 0 radical (unpaired) electrons. The number of benzene rings is 3. The molecule has 0 amide bonds. The Morgan fingerprint density at radius 1 is 1.09 bits per heavy atom. The lowest BCUT2D eigenvalue weighted by molar-refractivity contribution is -0.144. The number of halogens is 2. The molecule has 2 heterocycles. The van der Waals surface area contributed by atoms with Crippen LogP contribution in [0.4, 0.5) is 10.1 Å². The summed E-state index contributed by atoms with van der Waals surface area (Å²) >= 11 is 6.15. The number of methoxy groups -OCH3 is 1. The van der Waals surface area contributed by atoms with Crippen molar-refractivity contribution in [3.05, 3.63) is 88.2 Å². The highest BCUT2D eigenvalue weighted by Crippen LogP contribution is 2.47. The van der Waals surface area contributed by atoms with Crippen LogP contribution in [0.5, 0.6) is 0 Å². The second-order valence-corrected chi connectivity index (χ2v) is 8.21. The maximum Gasteiger partial charge on any atom is 0.344 e. The lowest BCUT2D eigenvalue weighted by atomic mass is 9.82. The molecule has 160 valence electrons. The predicted octanol–water partition coefficient (Wildman–Crippen LogP) is 5.61. The van der Waals surface area contributed by atoms with E-state index < -0.39 is 17.3 Å². The number of nitrogens with one attached hydrogen (secondary N) is 2. The van der Waals surface area contributed by atoms with Gasteiger partial charge in [-0.15, -0.1) is 0 Å². The van der Waals surface area contributed by atoms with E-state index in [1.807, 2.05) is 24.3 Å². The van der Waals surface area contributed by atoms with Gasteiger partial charge in [0.15, 0.2) is 0 Å². The van der Waals surface area contributed by atoms with Crippen LogP contribution >= 0.6 is 11.6 Å².